The molecule has 2 rings (SSSR count). The first kappa shape index (κ1) is 23.3. The smallest absolute Gasteiger partial charge is 0.328 e. The van der Waals surface area contributed by atoms with E-state index in [1.807, 2.05) is 0 Å². The van der Waals surface area contributed by atoms with Crippen LogP contribution >= 0.6 is 0 Å². The monoisotopic (exact) mass is 424 g/mol. The van der Waals surface area contributed by atoms with E-state index in [-0.39, 0.29) is 5.91 Å². The highest BCUT2D eigenvalue weighted by atomic mass is 16.5. The molecule has 2 amide bonds. The molecular formula is C23H24N2O6. The SMILES string of the molecule is COc1ccc(/C=C/C(=O)N[C@H](C)C(=O)OCC(=O)c2ccc(NC(C)=O)cc2)cc1. The van der Waals surface area contributed by atoms with Crippen molar-refractivity contribution < 1.29 is 28.7 Å². The average molecular weight is 424 g/mol. The summed E-state index contributed by atoms with van der Waals surface area (Å²) in [6.07, 6.45) is 2.90. The maximum atomic E-state index is 12.2. The number of ketones is 1. The fourth-order valence-electron chi connectivity index (χ4n) is 2.50. The van der Waals surface area contributed by atoms with Gasteiger partial charge in [0.1, 0.15) is 11.8 Å². The number of nitrogens with one attached hydrogen (secondary N) is 2. The number of rotatable bonds is 9. The summed E-state index contributed by atoms with van der Waals surface area (Å²) in [5, 5.41) is 5.08. The Hall–Kier alpha value is -3.94. The number of anilines is 1. The molecule has 0 aliphatic rings. The van der Waals surface area contributed by atoms with Crippen molar-refractivity contribution in [3.8, 4) is 5.75 Å². The average Bonchev–Trinajstić information content (AvgIpc) is 2.76. The Morgan fingerprint density at radius 1 is 1.00 bits per heavy atom. The van der Waals surface area contributed by atoms with Crippen molar-refractivity contribution in [2.45, 2.75) is 19.9 Å². The summed E-state index contributed by atoms with van der Waals surface area (Å²) in [4.78, 5) is 47.2. The predicted molar refractivity (Wildman–Crippen MR) is 116 cm³/mol. The Labute approximate surface area is 180 Å². The van der Waals surface area contributed by atoms with Crippen LogP contribution in [-0.2, 0) is 19.1 Å². The van der Waals surface area contributed by atoms with Crippen LogP contribution in [0.25, 0.3) is 6.08 Å². The molecule has 0 radical (unpaired) electrons. The quantitative estimate of drug-likeness (QED) is 0.364. The minimum Gasteiger partial charge on any atom is -0.497 e. The van der Waals surface area contributed by atoms with Gasteiger partial charge in [-0.05, 0) is 55.0 Å². The first-order valence-electron chi connectivity index (χ1n) is 9.48. The van der Waals surface area contributed by atoms with E-state index < -0.39 is 30.3 Å². The van der Waals surface area contributed by atoms with Crippen molar-refractivity contribution in [3.63, 3.8) is 0 Å². The van der Waals surface area contributed by atoms with Crippen molar-refractivity contribution >= 4 is 35.3 Å². The fourth-order valence-corrected chi connectivity index (χ4v) is 2.50. The molecule has 31 heavy (non-hydrogen) atoms. The molecule has 0 aliphatic heterocycles. The van der Waals surface area contributed by atoms with Crippen LogP contribution < -0.4 is 15.4 Å². The fraction of sp³-hybridized carbons (Fsp3) is 0.217. The summed E-state index contributed by atoms with van der Waals surface area (Å²) < 4.78 is 10.1. The molecule has 0 fully saturated rings. The normalized spacial score (nSPS) is 11.5. The van der Waals surface area contributed by atoms with Crippen molar-refractivity contribution in [1.82, 2.24) is 5.32 Å². The van der Waals surface area contributed by atoms with Gasteiger partial charge in [0.25, 0.3) is 0 Å². The lowest BCUT2D eigenvalue weighted by molar-refractivity contribution is -0.145. The number of hydrogen-bond donors (Lipinski definition) is 2. The molecule has 0 aliphatic carbocycles. The zero-order chi connectivity index (χ0) is 22.8. The maximum absolute atomic E-state index is 12.2. The van der Waals surface area contributed by atoms with Crippen LogP contribution in [0.4, 0.5) is 5.69 Å². The molecule has 8 heteroatoms. The van der Waals surface area contributed by atoms with E-state index in [0.29, 0.717) is 17.0 Å². The minimum absolute atomic E-state index is 0.220. The second-order valence-corrected chi connectivity index (χ2v) is 6.63. The number of Topliss-reactive ketones (excluding diaryl/α,β-unsaturated/α-hetero) is 1. The number of amides is 2. The highest BCUT2D eigenvalue weighted by molar-refractivity contribution is 5.99. The van der Waals surface area contributed by atoms with E-state index in [0.717, 1.165) is 5.56 Å². The van der Waals surface area contributed by atoms with Crippen LogP contribution in [0.15, 0.2) is 54.6 Å². The number of carbonyl (C=O) groups excluding carboxylic acids is 4. The zero-order valence-corrected chi connectivity index (χ0v) is 17.5. The van der Waals surface area contributed by atoms with E-state index >= 15 is 0 Å². The Kier molecular flexibility index (Phi) is 8.51. The van der Waals surface area contributed by atoms with Gasteiger partial charge >= 0.3 is 5.97 Å². The van der Waals surface area contributed by atoms with E-state index in [4.69, 9.17) is 9.47 Å². The summed E-state index contributed by atoms with van der Waals surface area (Å²) in [5.74, 6) is -1.12. The van der Waals surface area contributed by atoms with Gasteiger partial charge in [-0.25, -0.2) is 4.79 Å². The summed E-state index contributed by atoms with van der Waals surface area (Å²) in [6.45, 7) is 2.39. The van der Waals surface area contributed by atoms with Crippen LogP contribution in [0.2, 0.25) is 0 Å². The van der Waals surface area contributed by atoms with Crippen LogP contribution in [-0.4, -0.2) is 43.3 Å². The third-order valence-electron chi connectivity index (χ3n) is 4.13. The van der Waals surface area contributed by atoms with Gasteiger partial charge in [-0.1, -0.05) is 12.1 Å². The van der Waals surface area contributed by atoms with Crippen molar-refractivity contribution in [1.29, 1.82) is 0 Å². The lowest BCUT2D eigenvalue weighted by Gasteiger charge is -2.12. The van der Waals surface area contributed by atoms with Crippen molar-refractivity contribution in [3.05, 3.63) is 65.7 Å². The first-order chi connectivity index (χ1) is 14.8. The molecule has 0 heterocycles. The van der Waals surface area contributed by atoms with Crippen LogP contribution in [0.1, 0.15) is 29.8 Å². The summed E-state index contributed by atoms with van der Waals surface area (Å²) in [5.41, 5.74) is 1.68. The number of benzene rings is 2. The largest absolute Gasteiger partial charge is 0.497 e. The van der Waals surface area contributed by atoms with Gasteiger partial charge < -0.3 is 20.1 Å². The van der Waals surface area contributed by atoms with Crippen LogP contribution in [0.3, 0.4) is 0 Å². The number of hydrogen-bond acceptors (Lipinski definition) is 6. The third kappa shape index (κ3) is 7.77. The second-order valence-electron chi connectivity index (χ2n) is 6.63. The zero-order valence-electron chi connectivity index (χ0n) is 17.5. The predicted octanol–water partition coefficient (Wildman–Crippen LogP) is 2.60. The number of esters is 1. The second kappa shape index (κ2) is 11.3. The first-order valence-corrected chi connectivity index (χ1v) is 9.48. The van der Waals surface area contributed by atoms with E-state index in [2.05, 4.69) is 10.6 Å². The summed E-state index contributed by atoms with van der Waals surface area (Å²) in [7, 11) is 1.57. The molecule has 0 aromatic heterocycles. The van der Waals surface area contributed by atoms with Crippen molar-refractivity contribution in [2.75, 3.05) is 19.0 Å². The Morgan fingerprint density at radius 3 is 2.23 bits per heavy atom. The van der Waals surface area contributed by atoms with Crippen LogP contribution in [0.5, 0.6) is 5.75 Å². The molecule has 0 unspecified atom stereocenters. The standard InChI is InChI=1S/C23H24N2O6/c1-15(24-22(28)13-6-17-4-11-20(30-3)12-5-17)23(29)31-14-21(27)18-7-9-19(10-8-18)25-16(2)26/h4-13,15H,14H2,1-3H3,(H,24,28)(H,25,26)/b13-6+/t15-/m1/s1. The molecule has 2 aromatic carbocycles. The van der Waals surface area contributed by atoms with E-state index in [1.165, 1.54) is 32.1 Å². The molecule has 1 atom stereocenters. The van der Waals surface area contributed by atoms with E-state index in [1.54, 1.807) is 49.6 Å². The molecule has 0 saturated carbocycles. The Balaban J connectivity index is 1.80. The topological polar surface area (TPSA) is 111 Å². The highest BCUT2D eigenvalue weighted by Crippen LogP contribution is 2.12. The van der Waals surface area contributed by atoms with Gasteiger partial charge in [-0.2, -0.15) is 0 Å². The number of ether oxygens (including phenoxy) is 2. The van der Waals surface area contributed by atoms with Crippen LogP contribution in [0, 0.1) is 0 Å². The molecule has 8 nitrogen and oxygen atoms in total. The van der Waals surface area contributed by atoms with Gasteiger partial charge in [-0.15, -0.1) is 0 Å². The lowest BCUT2D eigenvalue weighted by atomic mass is 10.1. The molecule has 2 aromatic rings. The number of carbonyl (C=O) groups is 4. The summed E-state index contributed by atoms with van der Waals surface area (Å²) >= 11 is 0. The summed E-state index contributed by atoms with van der Waals surface area (Å²) in [6, 6.07) is 12.4. The lowest BCUT2D eigenvalue weighted by Crippen LogP contribution is -2.39. The van der Waals surface area contributed by atoms with Crippen molar-refractivity contribution in [2.24, 2.45) is 0 Å². The van der Waals surface area contributed by atoms with Gasteiger partial charge in [0.05, 0.1) is 7.11 Å². The highest BCUT2D eigenvalue weighted by Gasteiger charge is 2.18. The Morgan fingerprint density at radius 2 is 1.65 bits per heavy atom. The molecule has 2 N–H and O–H groups in total. The van der Waals surface area contributed by atoms with Gasteiger partial charge in [0, 0.05) is 24.3 Å². The molecular weight excluding hydrogens is 400 g/mol. The molecule has 0 bridgehead atoms. The Bertz CT molecular complexity index is 965. The van der Waals surface area contributed by atoms with Gasteiger partial charge in [0.2, 0.25) is 11.8 Å². The minimum atomic E-state index is -0.928. The number of methoxy groups -OCH3 is 1. The molecule has 0 spiro atoms. The van der Waals surface area contributed by atoms with Gasteiger partial charge in [0.15, 0.2) is 12.4 Å². The third-order valence-corrected chi connectivity index (χ3v) is 4.13. The van der Waals surface area contributed by atoms with Gasteiger partial charge in [-0.3, -0.25) is 14.4 Å². The van der Waals surface area contributed by atoms with E-state index in [9.17, 15) is 19.2 Å². The maximum Gasteiger partial charge on any atom is 0.328 e. The molecule has 0 saturated heterocycles. The molecule has 162 valence electrons.